The molecule has 84 valence electrons. The standard InChI is InChI=1S/C11H11FN2O2/c1-6-10-4-8(11(15)16-3)9(12)5-14(10)7(2)13-6/h4-5H,1-3H3. The van der Waals surface area contributed by atoms with Crippen LogP contribution in [-0.2, 0) is 4.74 Å². The zero-order valence-electron chi connectivity index (χ0n) is 9.24. The lowest BCUT2D eigenvalue weighted by Crippen LogP contribution is -2.06. The Morgan fingerprint density at radius 3 is 2.81 bits per heavy atom. The van der Waals surface area contributed by atoms with Gasteiger partial charge in [-0.2, -0.15) is 0 Å². The highest BCUT2D eigenvalue weighted by molar-refractivity contribution is 5.91. The van der Waals surface area contributed by atoms with Crippen LogP contribution in [0.15, 0.2) is 12.3 Å². The summed E-state index contributed by atoms with van der Waals surface area (Å²) in [4.78, 5) is 15.5. The number of methoxy groups -OCH3 is 1. The van der Waals surface area contributed by atoms with Gasteiger partial charge < -0.3 is 9.14 Å². The van der Waals surface area contributed by atoms with Crippen molar-refractivity contribution in [3.05, 3.63) is 35.2 Å². The maximum Gasteiger partial charge on any atom is 0.340 e. The Kier molecular flexibility index (Phi) is 2.38. The lowest BCUT2D eigenvalue weighted by Gasteiger charge is -2.03. The van der Waals surface area contributed by atoms with E-state index in [-0.39, 0.29) is 5.56 Å². The van der Waals surface area contributed by atoms with Gasteiger partial charge in [0.2, 0.25) is 0 Å². The Balaban J connectivity index is 2.75. The number of hydrogen-bond acceptors (Lipinski definition) is 3. The summed E-state index contributed by atoms with van der Waals surface area (Å²) < 4.78 is 19.7. The third kappa shape index (κ3) is 1.44. The Bertz CT molecular complexity index is 575. The fourth-order valence-corrected chi connectivity index (χ4v) is 1.69. The van der Waals surface area contributed by atoms with Crippen molar-refractivity contribution in [3.8, 4) is 0 Å². The fraction of sp³-hybridized carbons (Fsp3) is 0.273. The summed E-state index contributed by atoms with van der Waals surface area (Å²) in [5, 5.41) is 0. The SMILES string of the molecule is COC(=O)c1cc2c(C)nc(C)n2cc1F. The average Bonchev–Trinajstić information content (AvgIpc) is 2.52. The first-order chi connectivity index (χ1) is 7.54. The van der Waals surface area contributed by atoms with Gasteiger partial charge in [-0.1, -0.05) is 0 Å². The number of imidazole rings is 1. The molecule has 0 aliphatic heterocycles. The predicted octanol–water partition coefficient (Wildman–Crippen LogP) is 1.88. The Hall–Kier alpha value is -1.91. The smallest absolute Gasteiger partial charge is 0.340 e. The number of rotatable bonds is 1. The zero-order valence-corrected chi connectivity index (χ0v) is 9.24. The van der Waals surface area contributed by atoms with E-state index in [4.69, 9.17) is 0 Å². The molecule has 2 aromatic heterocycles. The minimum absolute atomic E-state index is 0.0713. The van der Waals surface area contributed by atoms with Gasteiger partial charge in [0.1, 0.15) is 5.82 Å². The van der Waals surface area contributed by atoms with E-state index < -0.39 is 11.8 Å². The molecule has 0 unspecified atom stereocenters. The molecule has 0 aromatic carbocycles. The summed E-state index contributed by atoms with van der Waals surface area (Å²) in [6, 6.07) is 1.45. The van der Waals surface area contributed by atoms with Gasteiger partial charge in [0.05, 0.1) is 23.9 Å². The number of nitrogens with zero attached hydrogens (tertiary/aromatic N) is 2. The van der Waals surface area contributed by atoms with Gasteiger partial charge in [-0.25, -0.2) is 14.2 Å². The maximum absolute atomic E-state index is 13.6. The van der Waals surface area contributed by atoms with Crippen LogP contribution in [0.25, 0.3) is 5.52 Å². The van der Waals surface area contributed by atoms with Crippen molar-refractivity contribution >= 4 is 11.5 Å². The number of fused-ring (bicyclic) bond motifs is 1. The minimum Gasteiger partial charge on any atom is -0.465 e. The van der Waals surface area contributed by atoms with Crippen molar-refractivity contribution in [1.29, 1.82) is 0 Å². The second-order valence-electron chi connectivity index (χ2n) is 3.53. The molecule has 2 rings (SSSR count). The van der Waals surface area contributed by atoms with E-state index in [1.54, 1.807) is 18.2 Å². The highest BCUT2D eigenvalue weighted by Crippen LogP contribution is 2.17. The predicted molar refractivity (Wildman–Crippen MR) is 56.0 cm³/mol. The summed E-state index contributed by atoms with van der Waals surface area (Å²) in [6.45, 7) is 3.58. The molecule has 0 spiro atoms. The molecule has 0 aliphatic carbocycles. The zero-order chi connectivity index (χ0) is 11.9. The monoisotopic (exact) mass is 222 g/mol. The summed E-state index contributed by atoms with van der Waals surface area (Å²) >= 11 is 0. The van der Waals surface area contributed by atoms with Crippen molar-refractivity contribution in [1.82, 2.24) is 9.38 Å². The van der Waals surface area contributed by atoms with Gasteiger partial charge in [0.25, 0.3) is 0 Å². The topological polar surface area (TPSA) is 43.6 Å². The molecule has 4 nitrogen and oxygen atoms in total. The number of pyridine rings is 1. The van der Waals surface area contributed by atoms with Crippen LogP contribution in [-0.4, -0.2) is 22.5 Å². The van der Waals surface area contributed by atoms with Gasteiger partial charge in [-0.3, -0.25) is 0 Å². The number of ether oxygens (including phenoxy) is 1. The Morgan fingerprint density at radius 2 is 2.19 bits per heavy atom. The molecule has 0 fully saturated rings. The molecule has 2 aromatic rings. The highest BCUT2D eigenvalue weighted by atomic mass is 19.1. The van der Waals surface area contributed by atoms with Crippen molar-refractivity contribution in [2.75, 3.05) is 7.11 Å². The fourth-order valence-electron chi connectivity index (χ4n) is 1.69. The Morgan fingerprint density at radius 1 is 1.50 bits per heavy atom. The van der Waals surface area contributed by atoms with Crippen LogP contribution >= 0.6 is 0 Å². The summed E-state index contributed by atoms with van der Waals surface area (Å²) in [7, 11) is 1.22. The quantitative estimate of drug-likeness (QED) is 0.692. The molecular weight excluding hydrogens is 211 g/mol. The van der Waals surface area contributed by atoms with Crippen LogP contribution < -0.4 is 0 Å². The number of halogens is 1. The van der Waals surface area contributed by atoms with Gasteiger partial charge in [0, 0.05) is 6.20 Å². The number of carbonyl (C=O) groups excluding carboxylic acids is 1. The van der Waals surface area contributed by atoms with Crippen molar-refractivity contribution in [2.45, 2.75) is 13.8 Å². The number of carbonyl (C=O) groups is 1. The molecule has 0 radical (unpaired) electrons. The molecule has 0 saturated heterocycles. The first kappa shape index (κ1) is 10.6. The molecule has 0 saturated carbocycles. The molecule has 0 N–H and O–H groups in total. The summed E-state index contributed by atoms with van der Waals surface area (Å²) in [6.07, 6.45) is 1.25. The maximum atomic E-state index is 13.6. The first-order valence-corrected chi connectivity index (χ1v) is 4.77. The molecule has 2 heterocycles. The van der Waals surface area contributed by atoms with Gasteiger partial charge in [0.15, 0.2) is 5.82 Å². The number of hydrogen-bond donors (Lipinski definition) is 0. The Labute approximate surface area is 91.7 Å². The molecule has 0 bridgehead atoms. The average molecular weight is 222 g/mol. The van der Waals surface area contributed by atoms with Crippen LogP contribution in [0.3, 0.4) is 0 Å². The van der Waals surface area contributed by atoms with E-state index in [1.807, 2.05) is 0 Å². The van der Waals surface area contributed by atoms with Crippen molar-refractivity contribution in [3.63, 3.8) is 0 Å². The van der Waals surface area contributed by atoms with Crippen molar-refractivity contribution < 1.29 is 13.9 Å². The van der Waals surface area contributed by atoms with E-state index in [0.29, 0.717) is 11.3 Å². The third-order valence-electron chi connectivity index (χ3n) is 2.49. The highest BCUT2D eigenvalue weighted by Gasteiger charge is 2.15. The van der Waals surface area contributed by atoms with E-state index >= 15 is 0 Å². The molecule has 0 amide bonds. The molecule has 0 aliphatic rings. The summed E-state index contributed by atoms with van der Waals surface area (Å²) in [5.41, 5.74) is 1.39. The van der Waals surface area contributed by atoms with Crippen LogP contribution in [0.5, 0.6) is 0 Å². The number of esters is 1. The number of aryl methyl sites for hydroxylation is 2. The van der Waals surface area contributed by atoms with Gasteiger partial charge in [-0.15, -0.1) is 0 Å². The second kappa shape index (κ2) is 3.59. The molecule has 16 heavy (non-hydrogen) atoms. The molecule has 0 atom stereocenters. The van der Waals surface area contributed by atoms with Gasteiger partial charge >= 0.3 is 5.97 Å². The number of aromatic nitrogens is 2. The normalized spacial score (nSPS) is 10.8. The lowest BCUT2D eigenvalue weighted by molar-refractivity contribution is 0.0595. The lowest BCUT2D eigenvalue weighted by atomic mass is 10.2. The van der Waals surface area contributed by atoms with Gasteiger partial charge in [-0.05, 0) is 19.9 Å². The largest absolute Gasteiger partial charge is 0.465 e. The molecular formula is C11H11FN2O2. The van der Waals surface area contributed by atoms with Crippen LogP contribution in [0.1, 0.15) is 21.9 Å². The summed E-state index contributed by atoms with van der Waals surface area (Å²) in [5.74, 6) is -0.610. The van der Waals surface area contributed by atoms with E-state index in [1.165, 1.54) is 19.4 Å². The van der Waals surface area contributed by atoms with E-state index in [9.17, 15) is 9.18 Å². The van der Waals surface area contributed by atoms with Crippen molar-refractivity contribution in [2.24, 2.45) is 0 Å². The second-order valence-corrected chi connectivity index (χ2v) is 3.53. The van der Waals surface area contributed by atoms with E-state index in [2.05, 4.69) is 9.72 Å². The molecule has 5 heteroatoms. The minimum atomic E-state index is -0.682. The van der Waals surface area contributed by atoms with E-state index in [0.717, 1.165) is 5.69 Å². The first-order valence-electron chi connectivity index (χ1n) is 4.77. The van der Waals surface area contributed by atoms with Crippen LogP contribution in [0, 0.1) is 19.7 Å². The van der Waals surface area contributed by atoms with Crippen LogP contribution in [0.2, 0.25) is 0 Å². The van der Waals surface area contributed by atoms with Crippen LogP contribution in [0.4, 0.5) is 4.39 Å². The third-order valence-corrected chi connectivity index (χ3v) is 2.49.